The lowest BCUT2D eigenvalue weighted by Gasteiger charge is -2.61. The molecule has 1 aromatic rings. The van der Waals surface area contributed by atoms with Gasteiger partial charge in [-0.3, -0.25) is 9.59 Å². The number of fused-ring (bicyclic) bond motifs is 5. The molecule has 0 bridgehead atoms. The van der Waals surface area contributed by atoms with E-state index in [1.165, 1.54) is 24.0 Å². The van der Waals surface area contributed by atoms with Crippen molar-refractivity contribution >= 4 is 11.8 Å². The molecule has 5 heteroatoms. The topological polar surface area (TPSA) is 72.8 Å². The van der Waals surface area contributed by atoms with Gasteiger partial charge in [0.2, 0.25) is 0 Å². The SMILES string of the molecule is CCOC(=O)CCCOc1ccc(CCC[C@@H]2CC3=CC(=O)CC[C@]3(C)[C@H]3CC[C@@]4(C)[C@@H](CC[C@]4(C)O)[C@H]23)cc1. The Kier molecular flexibility index (Phi) is 8.53. The zero-order valence-electron chi connectivity index (χ0n) is 25.2. The number of hydrogen-bond donors (Lipinski definition) is 1. The Labute approximate surface area is 241 Å². The lowest BCUT2D eigenvalue weighted by Crippen LogP contribution is -2.56. The molecule has 0 saturated heterocycles. The number of benzene rings is 1. The molecule has 0 aromatic heterocycles. The molecule has 220 valence electrons. The third-order valence-corrected chi connectivity index (χ3v) is 11.8. The molecule has 3 saturated carbocycles. The van der Waals surface area contributed by atoms with Gasteiger partial charge in [-0.25, -0.2) is 0 Å². The van der Waals surface area contributed by atoms with E-state index >= 15 is 0 Å². The van der Waals surface area contributed by atoms with Crippen molar-refractivity contribution in [2.24, 2.45) is 34.5 Å². The molecular weight excluding hydrogens is 500 g/mol. The number of aryl methyl sites for hydroxylation is 1. The first-order chi connectivity index (χ1) is 19.1. The molecule has 0 spiro atoms. The molecule has 5 nitrogen and oxygen atoms in total. The minimum Gasteiger partial charge on any atom is -0.494 e. The summed E-state index contributed by atoms with van der Waals surface area (Å²) in [7, 11) is 0. The van der Waals surface area contributed by atoms with E-state index in [2.05, 4.69) is 32.9 Å². The van der Waals surface area contributed by atoms with Crippen molar-refractivity contribution in [2.45, 2.75) is 110 Å². The van der Waals surface area contributed by atoms with E-state index in [1.54, 1.807) is 0 Å². The maximum atomic E-state index is 12.5. The van der Waals surface area contributed by atoms with Crippen molar-refractivity contribution in [3.05, 3.63) is 41.5 Å². The van der Waals surface area contributed by atoms with Crippen LogP contribution in [0.25, 0.3) is 0 Å². The second-order valence-electron chi connectivity index (χ2n) is 13.9. The number of aliphatic hydroxyl groups is 1. The molecule has 40 heavy (non-hydrogen) atoms. The Bertz CT molecular complexity index is 1100. The van der Waals surface area contributed by atoms with Gasteiger partial charge in [0.15, 0.2) is 5.78 Å². The quantitative estimate of drug-likeness (QED) is 0.246. The van der Waals surface area contributed by atoms with E-state index < -0.39 is 5.60 Å². The summed E-state index contributed by atoms with van der Waals surface area (Å²) in [6, 6.07) is 8.39. The Morgan fingerprint density at radius 3 is 2.52 bits per heavy atom. The Morgan fingerprint density at radius 1 is 1.02 bits per heavy atom. The molecule has 0 heterocycles. The molecule has 3 fully saturated rings. The first-order valence-corrected chi connectivity index (χ1v) is 15.9. The van der Waals surface area contributed by atoms with Crippen LogP contribution >= 0.6 is 0 Å². The summed E-state index contributed by atoms with van der Waals surface area (Å²) in [5.74, 6) is 3.39. The molecule has 4 aliphatic rings. The third-order valence-electron chi connectivity index (χ3n) is 11.8. The molecule has 0 amide bonds. The highest BCUT2D eigenvalue weighted by molar-refractivity contribution is 5.91. The van der Waals surface area contributed by atoms with E-state index in [-0.39, 0.29) is 16.8 Å². The number of esters is 1. The van der Waals surface area contributed by atoms with Gasteiger partial charge in [0.25, 0.3) is 0 Å². The van der Waals surface area contributed by atoms with E-state index in [0.29, 0.717) is 61.9 Å². The van der Waals surface area contributed by atoms with Crippen LogP contribution in [-0.4, -0.2) is 35.7 Å². The van der Waals surface area contributed by atoms with Crippen molar-refractivity contribution in [1.29, 1.82) is 0 Å². The Morgan fingerprint density at radius 2 is 1.77 bits per heavy atom. The summed E-state index contributed by atoms with van der Waals surface area (Å²) < 4.78 is 10.8. The maximum absolute atomic E-state index is 12.5. The summed E-state index contributed by atoms with van der Waals surface area (Å²) in [5.41, 5.74) is 2.32. The molecule has 5 rings (SSSR count). The van der Waals surface area contributed by atoms with Gasteiger partial charge in [0.05, 0.1) is 18.8 Å². The molecular formula is C35H50O5. The number of hydrogen-bond acceptors (Lipinski definition) is 5. The summed E-state index contributed by atoms with van der Waals surface area (Å²) in [6.07, 6.45) is 13.5. The van der Waals surface area contributed by atoms with Crippen LogP contribution in [0.4, 0.5) is 0 Å². The first kappa shape index (κ1) is 29.4. The number of carbonyl (C=O) groups is 2. The smallest absolute Gasteiger partial charge is 0.305 e. The predicted molar refractivity (Wildman–Crippen MR) is 157 cm³/mol. The van der Waals surface area contributed by atoms with Crippen LogP contribution < -0.4 is 4.74 Å². The second kappa shape index (κ2) is 11.6. The Hall–Kier alpha value is -2.14. The van der Waals surface area contributed by atoms with E-state index in [0.717, 1.165) is 50.7 Å². The largest absolute Gasteiger partial charge is 0.494 e. The van der Waals surface area contributed by atoms with Crippen LogP contribution in [0.3, 0.4) is 0 Å². The number of ether oxygens (including phenoxy) is 2. The van der Waals surface area contributed by atoms with Gasteiger partial charge in [0.1, 0.15) is 5.75 Å². The molecule has 1 aromatic carbocycles. The van der Waals surface area contributed by atoms with Gasteiger partial charge in [-0.15, -0.1) is 0 Å². The minimum absolute atomic E-state index is 0.000620. The highest BCUT2D eigenvalue weighted by Gasteiger charge is 2.64. The van der Waals surface area contributed by atoms with Gasteiger partial charge >= 0.3 is 5.97 Å². The summed E-state index contributed by atoms with van der Waals surface area (Å²) in [5, 5.41) is 11.4. The molecule has 4 aliphatic carbocycles. The number of rotatable bonds is 10. The van der Waals surface area contributed by atoms with Gasteiger partial charge in [0, 0.05) is 12.8 Å². The monoisotopic (exact) mass is 550 g/mol. The van der Waals surface area contributed by atoms with Crippen LogP contribution in [0.15, 0.2) is 35.9 Å². The highest BCUT2D eigenvalue weighted by Crippen LogP contribution is 2.69. The van der Waals surface area contributed by atoms with Crippen LogP contribution in [-0.2, 0) is 20.7 Å². The summed E-state index contributed by atoms with van der Waals surface area (Å²) in [6.45, 7) is 9.66. The highest BCUT2D eigenvalue weighted by atomic mass is 16.5. The van der Waals surface area contributed by atoms with Crippen molar-refractivity contribution < 1.29 is 24.2 Å². The molecule has 1 N–H and O–H groups in total. The van der Waals surface area contributed by atoms with Gasteiger partial charge in [-0.2, -0.15) is 0 Å². The lowest BCUT2D eigenvalue weighted by molar-refractivity contribution is -0.143. The molecule has 7 atom stereocenters. The van der Waals surface area contributed by atoms with Crippen LogP contribution in [0.1, 0.15) is 104 Å². The fourth-order valence-electron chi connectivity index (χ4n) is 9.20. The lowest BCUT2D eigenvalue weighted by atomic mass is 9.44. The predicted octanol–water partition coefficient (Wildman–Crippen LogP) is 7.24. The van der Waals surface area contributed by atoms with Gasteiger partial charge < -0.3 is 14.6 Å². The van der Waals surface area contributed by atoms with Crippen LogP contribution in [0, 0.1) is 34.5 Å². The molecule has 0 radical (unpaired) electrons. The van der Waals surface area contributed by atoms with Crippen LogP contribution in [0.2, 0.25) is 0 Å². The molecule has 0 unspecified atom stereocenters. The normalized spacial score (nSPS) is 36.7. The maximum Gasteiger partial charge on any atom is 0.305 e. The standard InChI is InChI=1S/C35H50O5/c1-5-39-31(37)10-7-21-40-28-13-11-24(12-14-28)8-6-9-25-22-26-23-27(36)15-18-33(26,2)29-16-19-34(3)30(32(25)29)17-20-35(34,4)38/h11-14,23,25,29-30,32,38H,5-10,15-22H2,1-4H3/t25-,29+,30+,32-,33+,34+,35+/m1/s1. The second-order valence-corrected chi connectivity index (χ2v) is 13.9. The van der Waals surface area contributed by atoms with Crippen molar-refractivity contribution in [3.63, 3.8) is 0 Å². The fourth-order valence-corrected chi connectivity index (χ4v) is 9.20. The van der Waals surface area contributed by atoms with E-state index in [4.69, 9.17) is 9.47 Å². The third kappa shape index (κ3) is 5.52. The average Bonchev–Trinajstić information content (AvgIpc) is 3.17. The average molecular weight is 551 g/mol. The number of allylic oxidation sites excluding steroid dienone is 1. The van der Waals surface area contributed by atoms with Gasteiger partial charge in [-0.1, -0.05) is 31.6 Å². The van der Waals surface area contributed by atoms with E-state index in [1.807, 2.05) is 25.1 Å². The number of ketones is 1. The minimum atomic E-state index is -0.574. The van der Waals surface area contributed by atoms with Crippen LogP contribution in [0.5, 0.6) is 5.75 Å². The van der Waals surface area contributed by atoms with Crippen molar-refractivity contribution in [3.8, 4) is 5.75 Å². The first-order valence-electron chi connectivity index (χ1n) is 15.9. The zero-order chi connectivity index (χ0) is 28.5. The van der Waals surface area contributed by atoms with Crippen molar-refractivity contribution in [1.82, 2.24) is 0 Å². The Balaban J connectivity index is 1.22. The number of carbonyl (C=O) groups excluding carboxylic acids is 2. The van der Waals surface area contributed by atoms with Crippen molar-refractivity contribution in [2.75, 3.05) is 13.2 Å². The zero-order valence-corrected chi connectivity index (χ0v) is 25.2. The molecule has 0 aliphatic heterocycles. The van der Waals surface area contributed by atoms with E-state index in [9.17, 15) is 14.7 Å². The summed E-state index contributed by atoms with van der Waals surface area (Å²) in [4.78, 5) is 24.0. The van der Waals surface area contributed by atoms with Gasteiger partial charge in [-0.05, 0) is 136 Å². The fraction of sp³-hybridized carbons (Fsp3) is 0.714. The summed E-state index contributed by atoms with van der Waals surface area (Å²) >= 11 is 0.